The standard InChI is InChI=1S/C22H25ClN2O5S/c1-14-8-10-25(11-9-14)31(28,29)17-6-4-15(2)18(13-17)21(26)24-16-5-7-20(23)19(12-16)22(27)30-3/h4-7,12-14H,8-11H2,1-3H3,(H,24,26). The van der Waals surface area contributed by atoms with E-state index in [-0.39, 0.29) is 21.0 Å². The summed E-state index contributed by atoms with van der Waals surface area (Å²) in [5, 5.41) is 2.89. The van der Waals surface area contributed by atoms with Gasteiger partial charge in [0.25, 0.3) is 5.91 Å². The van der Waals surface area contributed by atoms with Crippen LogP contribution in [0.1, 0.15) is 46.0 Å². The van der Waals surface area contributed by atoms with Gasteiger partial charge in [-0.15, -0.1) is 0 Å². The predicted molar refractivity (Wildman–Crippen MR) is 119 cm³/mol. The second-order valence-corrected chi connectivity index (χ2v) is 10.0. The number of aryl methyl sites for hydroxylation is 1. The van der Waals surface area contributed by atoms with E-state index in [0.717, 1.165) is 12.8 Å². The van der Waals surface area contributed by atoms with Gasteiger partial charge in [-0.25, -0.2) is 13.2 Å². The van der Waals surface area contributed by atoms with Gasteiger partial charge < -0.3 is 10.1 Å². The van der Waals surface area contributed by atoms with Gasteiger partial charge in [-0.05, 0) is 61.6 Å². The van der Waals surface area contributed by atoms with Crippen LogP contribution >= 0.6 is 11.6 Å². The molecule has 1 N–H and O–H groups in total. The highest BCUT2D eigenvalue weighted by atomic mass is 35.5. The Morgan fingerprint density at radius 2 is 1.77 bits per heavy atom. The fraction of sp³-hybridized carbons (Fsp3) is 0.364. The van der Waals surface area contributed by atoms with E-state index in [1.54, 1.807) is 19.1 Å². The number of hydrogen-bond donors (Lipinski definition) is 1. The lowest BCUT2D eigenvalue weighted by molar-refractivity contribution is 0.0600. The summed E-state index contributed by atoms with van der Waals surface area (Å²) in [6.07, 6.45) is 1.63. The van der Waals surface area contributed by atoms with Crippen LogP contribution in [0.4, 0.5) is 5.69 Å². The summed E-state index contributed by atoms with van der Waals surface area (Å²) in [5.74, 6) is -0.610. The second kappa shape index (κ2) is 9.38. The lowest BCUT2D eigenvalue weighted by Gasteiger charge is -2.29. The Hall–Kier alpha value is -2.42. The largest absolute Gasteiger partial charge is 0.465 e. The second-order valence-electron chi connectivity index (χ2n) is 7.70. The van der Waals surface area contributed by atoms with Crippen molar-refractivity contribution in [3.8, 4) is 0 Å². The number of carbonyl (C=O) groups excluding carboxylic acids is 2. The number of benzene rings is 2. The molecular formula is C22H25ClN2O5S. The topological polar surface area (TPSA) is 92.8 Å². The number of ether oxygens (including phenoxy) is 1. The highest BCUT2D eigenvalue weighted by Crippen LogP contribution is 2.26. The van der Waals surface area contributed by atoms with Crippen molar-refractivity contribution in [3.63, 3.8) is 0 Å². The Morgan fingerprint density at radius 1 is 1.10 bits per heavy atom. The number of halogens is 1. The van der Waals surface area contributed by atoms with Gasteiger partial charge >= 0.3 is 5.97 Å². The number of amides is 1. The number of methoxy groups -OCH3 is 1. The Balaban J connectivity index is 1.87. The normalized spacial score (nSPS) is 15.5. The maximum Gasteiger partial charge on any atom is 0.339 e. The first-order chi connectivity index (χ1) is 14.6. The van der Waals surface area contributed by atoms with Crippen LogP contribution in [-0.2, 0) is 14.8 Å². The molecule has 2 aromatic carbocycles. The molecule has 0 saturated carbocycles. The molecule has 0 spiro atoms. The van der Waals surface area contributed by atoms with Crippen LogP contribution in [0.3, 0.4) is 0 Å². The smallest absolute Gasteiger partial charge is 0.339 e. The van der Waals surface area contributed by atoms with Crippen LogP contribution in [0.2, 0.25) is 5.02 Å². The number of rotatable bonds is 5. The molecule has 1 fully saturated rings. The van der Waals surface area contributed by atoms with E-state index < -0.39 is 21.9 Å². The van der Waals surface area contributed by atoms with Gasteiger partial charge in [0.05, 0.1) is 22.6 Å². The summed E-state index contributed by atoms with van der Waals surface area (Å²) in [7, 11) is -2.45. The Kier molecular flexibility index (Phi) is 7.03. The quantitative estimate of drug-likeness (QED) is 0.672. The lowest BCUT2D eigenvalue weighted by atomic mass is 10.0. The molecule has 0 radical (unpaired) electrons. The van der Waals surface area contributed by atoms with Crippen LogP contribution in [0.25, 0.3) is 0 Å². The minimum Gasteiger partial charge on any atom is -0.465 e. The van der Waals surface area contributed by atoms with E-state index in [0.29, 0.717) is 30.3 Å². The summed E-state index contributed by atoms with van der Waals surface area (Å²) in [5.41, 5.74) is 1.33. The molecule has 1 amide bonds. The minimum absolute atomic E-state index is 0.0872. The van der Waals surface area contributed by atoms with Crippen LogP contribution in [0, 0.1) is 12.8 Å². The average Bonchev–Trinajstić information content (AvgIpc) is 2.75. The first-order valence-corrected chi connectivity index (χ1v) is 11.8. The molecule has 1 saturated heterocycles. The highest BCUT2D eigenvalue weighted by Gasteiger charge is 2.29. The zero-order chi connectivity index (χ0) is 22.8. The third-order valence-electron chi connectivity index (χ3n) is 5.46. The molecule has 2 aromatic rings. The monoisotopic (exact) mass is 464 g/mol. The Bertz CT molecular complexity index is 1110. The zero-order valence-electron chi connectivity index (χ0n) is 17.6. The zero-order valence-corrected chi connectivity index (χ0v) is 19.2. The third-order valence-corrected chi connectivity index (χ3v) is 7.69. The molecule has 3 rings (SSSR count). The van der Waals surface area contributed by atoms with E-state index in [2.05, 4.69) is 12.2 Å². The summed E-state index contributed by atoms with van der Waals surface area (Å²) in [4.78, 5) is 24.8. The van der Waals surface area contributed by atoms with Gasteiger partial charge in [0, 0.05) is 24.3 Å². The third kappa shape index (κ3) is 5.08. The van der Waals surface area contributed by atoms with E-state index in [9.17, 15) is 18.0 Å². The molecule has 1 aliphatic heterocycles. The van der Waals surface area contributed by atoms with Crippen molar-refractivity contribution in [2.45, 2.75) is 31.6 Å². The van der Waals surface area contributed by atoms with Crippen molar-refractivity contribution in [2.24, 2.45) is 5.92 Å². The van der Waals surface area contributed by atoms with Crippen molar-refractivity contribution in [3.05, 3.63) is 58.1 Å². The lowest BCUT2D eigenvalue weighted by Crippen LogP contribution is -2.38. The molecule has 1 heterocycles. The van der Waals surface area contributed by atoms with Gasteiger partial charge in [-0.3, -0.25) is 4.79 Å². The number of esters is 1. The number of piperidine rings is 1. The van der Waals surface area contributed by atoms with Crippen molar-refractivity contribution < 1.29 is 22.7 Å². The van der Waals surface area contributed by atoms with E-state index in [1.807, 2.05) is 0 Å². The number of nitrogens with one attached hydrogen (secondary N) is 1. The molecule has 0 unspecified atom stereocenters. The maximum absolute atomic E-state index is 13.1. The highest BCUT2D eigenvalue weighted by molar-refractivity contribution is 7.89. The summed E-state index contributed by atoms with van der Waals surface area (Å²) >= 11 is 6.02. The van der Waals surface area contributed by atoms with Gasteiger partial charge in [0.15, 0.2) is 0 Å². The van der Waals surface area contributed by atoms with Crippen LogP contribution in [-0.4, -0.2) is 44.8 Å². The minimum atomic E-state index is -3.68. The Morgan fingerprint density at radius 3 is 2.42 bits per heavy atom. The Labute approximate surface area is 187 Å². The fourth-order valence-electron chi connectivity index (χ4n) is 3.45. The fourth-order valence-corrected chi connectivity index (χ4v) is 5.14. The molecule has 1 aliphatic rings. The number of hydrogen-bond acceptors (Lipinski definition) is 5. The molecular weight excluding hydrogens is 440 g/mol. The SMILES string of the molecule is COC(=O)c1cc(NC(=O)c2cc(S(=O)(=O)N3CCC(C)CC3)ccc2C)ccc1Cl. The molecule has 166 valence electrons. The van der Waals surface area contributed by atoms with E-state index in [1.165, 1.54) is 35.7 Å². The summed E-state index contributed by atoms with van der Waals surface area (Å²) in [6, 6.07) is 8.99. The summed E-state index contributed by atoms with van der Waals surface area (Å²) in [6.45, 7) is 4.79. The first-order valence-electron chi connectivity index (χ1n) is 9.93. The van der Waals surface area contributed by atoms with Crippen molar-refractivity contribution >= 4 is 39.2 Å². The molecule has 0 aliphatic carbocycles. The van der Waals surface area contributed by atoms with E-state index in [4.69, 9.17) is 16.3 Å². The van der Waals surface area contributed by atoms with Crippen molar-refractivity contribution in [1.29, 1.82) is 0 Å². The molecule has 0 aromatic heterocycles. The predicted octanol–water partition coefficient (Wildman–Crippen LogP) is 4.11. The molecule has 31 heavy (non-hydrogen) atoms. The van der Waals surface area contributed by atoms with Gasteiger partial charge in [-0.1, -0.05) is 24.6 Å². The van der Waals surface area contributed by atoms with Crippen molar-refractivity contribution in [2.75, 3.05) is 25.5 Å². The van der Waals surface area contributed by atoms with Gasteiger partial charge in [-0.2, -0.15) is 4.31 Å². The molecule has 9 heteroatoms. The van der Waals surface area contributed by atoms with Gasteiger partial charge in [0.2, 0.25) is 10.0 Å². The van der Waals surface area contributed by atoms with Gasteiger partial charge in [0.1, 0.15) is 0 Å². The van der Waals surface area contributed by atoms with E-state index >= 15 is 0 Å². The van der Waals surface area contributed by atoms with Crippen LogP contribution < -0.4 is 5.32 Å². The first kappa shape index (κ1) is 23.2. The van der Waals surface area contributed by atoms with Crippen LogP contribution in [0.5, 0.6) is 0 Å². The average molecular weight is 465 g/mol. The number of anilines is 1. The maximum atomic E-state index is 13.1. The molecule has 0 bridgehead atoms. The summed E-state index contributed by atoms with van der Waals surface area (Å²) < 4.78 is 32.3. The van der Waals surface area contributed by atoms with Crippen LogP contribution in [0.15, 0.2) is 41.3 Å². The number of nitrogens with zero attached hydrogens (tertiary/aromatic N) is 1. The number of carbonyl (C=O) groups is 2. The number of sulfonamides is 1. The molecule has 7 nitrogen and oxygen atoms in total. The van der Waals surface area contributed by atoms with Crippen molar-refractivity contribution in [1.82, 2.24) is 4.31 Å². The molecule has 0 atom stereocenters.